The Labute approximate surface area is 135 Å². The van der Waals surface area contributed by atoms with Crippen molar-refractivity contribution in [3.05, 3.63) is 65.2 Å². The molecule has 0 aliphatic rings. The highest BCUT2D eigenvalue weighted by atomic mass is 32.2. The second kappa shape index (κ2) is 7.66. The van der Waals surface area contributed by atoms with E-state index in [2.05, 4.69) is 11.6 Å². The standard InChI is InChI=1S/C17H19F2NO2S/c1-2-3-4-13-5-8-16(9-6-13)23(21,22)20-12-14-11-15(18)7-10-17(14)19/h5-11,20H,2-4,12H2,1H3. The van der Waals surface area contributed by atoms with Gasteiger partial charge in [0, 0.05) is 12.1 Å². The fourth-order valence-corrected chi connectivity index (χ4v) is 3.16. The molecule has 0 heterocycles. The first-order valence-corrected chi connectivity index (χ1v) is 8.93. The first-order valence-electron chi connectivity index (χ1n) is 7.45. The molecule has 23 heavy (non-hydrogen) atoms. The topological polar surface area (TPSA) is 46.2 Å². The third-order valence-corrected chi connectivity index (χ3v) is 4.93. The van der Waals surface area contributed by atoms with Gasteiger partial charge in [-0.05, 0) is 48.7 Å². The van der Waals surface area contributed by atoms with E-state index in [9.17, 15) is 17.2 Å². The number of benzene rings is 2. The van der Waals surface area contributed by atoms with Crippen LogP contribution in [0.15, 0.2) is 47.4 Å². The van der Waals surface area contributed by atoms with Crippen molar-refractivity contribution < 1.29 is 17.2 Å². The molecule has 3 nitrogen and oxygen atoms in total. The average molecular weight is 339 g/mol. The van der Waals surface area contributed by atoms with Crippen molar-refractivity contribution in [2.24, 2.45) is 0 Å². The predicted octanol–water partition coefficient (Wildman–Crippen LogP) is 3.79. The van der Waals surface area contributed by atoms with Crippen LogP contribution in [0.4, 0.5) is 8.78 Å². The van der Waals surface area contributed by atoms with E-state index in [1.807, 2.05) is 0 Å². The monoisotopic (exact) mass is 339 g/mol. The molecule has 0 radical (unpaired) electrons. The second-order valence-corrected chi connectivity index (χ2v) is 7.07. The third-order valence-electron chi connectivity index (χ3n) is 3.51. The van der Waals surface area contributed by atoms with Crippen LogP contribution in [0.1, 0.15) is 30.9 Å². The molecule has 1 N–H and O–H groups in total. The largest absolute Gasteiger partial charge is 0.240 e. The van der Waals surface area contributed by atoms with Crippen molar-refractivity contribution >= 4 is 10.0 Å². The number of hydrogen-bond donors (Lipinski definition) is 1. The molecule has 0 bridgehead atoms. The summed E-state index contributed by atoms with van der Waals surface area (Å²) in [5.41, 5.74) is 1.04. The fraction of sp³-hybridized carbons (Fsp3) is 0.294. The molecule has 0 amide bonds. The van der Waals surface area contributed by atoms with Crippen molar-refractivity contribution in [1.29, 1.82) is 0 Å². The van der Waals surface area contributed by atoms with Crippen LogP contribution < -0.4 is 4.72 Å². The lowest BCUT2D eigenvalue weighted by molar-refractivity contribution is 0.567. The molecule has 0 saturated carbocycles. The first kappa shape index (κ1) is 17.6. The third kappa shape index (κ3) is 4.84. The molecule has 0 aromatic heterocycles. The summed E-state index contributed by atoms with van der Waals surface area (Å²) in [6.45, 7) is 1.79. The molecule has 0 unspecified atom stereocenters. The molecule has 2 aromatic carbocycles. The number of unbranched alkanes of at least 4 members (excludes halogenated alkanes) is 1. The number of rotatable bonds is 7. The van der Waals surface area contributed by atoms with Gasteiger partial charge in [-0.3, -0.25) is 0 Å². The van der Waals surface area contributed by atoms with Crippen LogP contribution in [0.2, 0.25) is 0 Å². The minimum Gasteiger partial charge on any atom is -0.207 e. The van der Waals surface area contributed by atoms with Gasteiger partial charge >= 0.3 is 0 Å². The number of hydrogen-bond acceptors (Lipinski definition) is 2. The Bertz CT molecular complexity index is 759. The maximum absolute atomic E-state index is 13.5. The Morgan fingerprint density at radius 2 is 1.74 bits per heavy atom. The van der Waals surface area contributed by atoms with Crippen LogP contribution in [0.3, 0.4) is 0 Å². The molecule has 0 aliphatic heterocycles. The van der Waals surface area contributed by atoms with Gasteiger partial charge in [0.2, 0.25) is 10.0 Å². The highest BCUT2D eigenvalue weighted by molar-refractivity contribution is 7.89. The second-order valence-electron chi connectivity index (χ2n) is 5.31. The quantitative estimate of drug-likeness (QED) is 0.834. The normalized spacial score (nSPS) is 11.6. The smallest absolute Gasteiger partial charge is 0.207 e. The summed E-state index contributed by atoms with van der Waals surface area (Å²) in [5, 5.41) is 0. The Morgan fingerprint density at radius 1 is 1.04 bits per heavy atom. The molecule has 0 aliphatic carbocycles. The lowest BCUT2D eigenvalue weighted by Gasteiger charge is -2.08. The predicted molar refractivity (Wildman–Crippen MR) is 85.4 cm³/mol. The summed E-state index contributed by atoms with van der Waals surface area (Å²) in [4.78, 5) is 0.106. The molecule has 2 aromatic rings. The van der Waals surface area contributed by atoms with Crippen molar-refractivity contribution in [3.8, 4) is 0 Å². The van der Waals surface area contributed by atoms with Gasteiger partial charge < -0.3 is 0 Å². The summed E-state index contributed by atoms with van der Waals surface area (Å²) < 4.78 is 53.3. The van der Waals surface area contributed by atoms with E-state index >= 15 is 0 Å². The lowest BCUT2D eigenvalue weighted by atomic mass is 10.1. The summed E-state index contributed by atoms with van der Waals surface area (Å²) in [5.74, 6) is -1.26. The molecule has 6 heteroatoms. The van der Waals surface area contributed by atoms with E-state index in [0.29, 0.717) is 0 Å². The SMILES string of the molecule is CCCCc1ccc(S(=O)(=O)NCc2cc(F)ccc2F)cc1. The van der Waals surface area contributed by atoms with Crippen molar-refractivity contribution in [2.45, 2.75) is 37.6 Å². The van der Waals surface area contributed by atoms with Gasteiger partial charge in [0.25, 0.3) is 0 Å². The fourth-order valence-electron chi connectivity index (χ4n) is 2.15. The van der Waals surface area contributed by atoms with Gasteiger partial charge in [0.1, 0.15) is 11.6 Å². The summed E-state index contributed by atoms with van der Waals surface area (Å²) in [7, 11) is -3.76. The highest BCUT2D eigenvalue weighted by Crippen LogP contribution is 2.14. The molecule has 0 atom stereocenters. The zero-order chi connectivity index (χ0) is 16.9. The molecule has 2 rings (SSSR count). The van der Waals surface area contributed by atoms with Crippen molar-refractivity contribution in [3.63, 3.8) is 0 Å². The zero-order valence-corrected chi connectivity index (χ0v) is 13.7. The number of nitrogens with one attached hydrogen (secondary N) is 1. The molecular formula is C17H19F2NO2S. The Hall–Kier alpha value is -1.79. The average Bonchev–Trinajstić information content (AvgIpc) is 2.54. The van der Waals surface area contributed by atoms with E-state index in [1.54, 1.807) is 12.1 Å². The van der Waals surface area contributed by atoms with Crippen LogP contribution in [0, 0.1) is 11.6 Å². The Kier molecular flexibility index (Phi) is 5.85. The van der Waals surface area contributed by atoms with Gasteiger partial charge in [0.05, 0.1) is 4.90 Å². The van der Waals surface area contributed by atoms with Crippen LogP contribution in [-0.4, -0.2) is 8.42 Å². The van der Waals surface area contributed by atoms with Gasteiger partial charge in [-0.15, -0.1) is 0 Å². The Morgan fingerprint density at radius 3 is 2.39 bits per heavy atom. The van der Waals surface area contributed by atoms with E-state index in [4.69, 9.17) is 0 Å². The van der Waals surface area contributed by atoms with E-state index in [1.165, 1.54) is 12.1 Å². The van der Waals surface area contributed by atoms with Crippen LogP contribution in [0.5, 0.6) is 0 Å². The minimum atomic E-state index is -3.76. The van der Waals surface area contributed by atoms with Gasteiger partial charge in [-0.2, -0.15) is 0 Å². The van der Waals surface area contributed by atoms with Gasteiger partial charge in [0.15, 0.2) is 0 Å². The number of halogens is 2. The van der Waals surface area contributed by atoms with E-state index in [-0.39, 0.29) is 17.0 Å². The molecule has 0 spiro atoms. The zero-order valence-electron chi connectivity index (χ0n) is 12.9. The number of sulfonamides is 1. The summed E-state index contributed by atoms with van der Waals surface area (Å²) in [6.07, 6.45) is 3.02. The van der Waals surface area contributed by atoms with Gasteiger partial charge in [-0.25, -0.2) is 21.9 Å². The summed E-state index contributed by atoms with van der Waals surface area (Å²) in [6, 6.07) is 9.53. The van der Waals surface area contributed by atoms with Crippen LogP contribution >= 0.6 is 0 Å². The highest BCUT2D eigenvalue weighted by Gasteiger charge is 2.15. The lowest BCUT2D eigenvalue weighted by Crippen LogP contribution is -2.23. The van der Waals surface area contributed by atoms with Crippen LogP contribution in [0.25, 0.3) is 0 Å². The van der Waals surface area contributed by atoms with Gasteiger partial charge in [-0.1, -0.05) is 25.5 Å². The maximum atomic E-state index is 13.5. The van der Waals surface area contributed by atoms with Crippen molar-refractivity contribution in [2.75, 3.05) is 0 Å². The van der Waals surface area contributed by atoms with Crippen LogP contribution in [-0.2, 0) is 23.0 Å². The number of aryl methyl sites for hydroxylation is 1. The molecule has 124 valence electrons. The molecular weight excluding hydrogens is 320 g/mol. The molecule has 0 fully saturated rings. The minimum absolute atomic E-state index is 0.0341. The maximum Gasteiger partial charge on any atom is 0.240 e. The van der Waals surface area contributed by atoms with Crippen molar-refractivity contribution in [1.82, 2.24) is 4.72 Å². The van der Waals surface area contributed by atoms with E-state index < -0.39 is 21.7 Å². The first-order chi connectivity index (χ1) is 10.9. The summed E-state index contributed by atoms with van der Waals surface area (Å²) >= 11 is 0. The molecule has 0 saturated heterocycles. The Balaban J connectivity index is 2.08. The van der Waals surface area contributed by atoms with E-state index in [0.717, 1.165) is 43.0 Å².